The number of alkyl carbamates (subject to hydrolysis) is 1. The van der Waals surface area contributed by atoms with Gasteiger partial charge in [0.05, 0.1) is 24.2 Å². The summed E-state index contributed by atoms with van der Waals surface area (Å²) in [6.45, 7) is 11.4. The first-order chi connectivity index (χ1) is 31.9. The fourth-order valence-electron chi connectivity index (χ4n) is 10.5. The number of carbonyl (C=O) groups excluding carboxylic acids is 6. The molecule has 3 aromatic carbocycles. The molecule has 4 aliphatic rings. The average Bonchev–Trinajstić information content (AvgIpc) is 3.28. The molecule has 364 valence electrons. The molecule has 0 radical (unpaired) electrons. The molecule has 17 nitrogen and oxygen atoms in total. The zero-order chi connectivity index (χ0) is 49.6. The second-order valence-electron chi connectivity index (χ2n) is 19.7. The van der Waals surface area contributed by atoms with Gasteiger partial charge in [0.1, 0.15) is 48.3 Å². The smallest absolute Gasteiger partial charge is 0.455 e. The molecule has 17 heteroatoms. The Bertz CT molecular complexity index is 2440. The number of hydrogen-bond donors (Lipinski definition) is 4. The number of rotatable bonds is 11. The topological polar surface area (TPSA) is 240 Å². The summed E-state index contributed by atoms with van der Waals surface area (Å²) in [6.07, 6.45) is -13.2. The number of esters is 3. The van der Waals surface area contributed by atoms with Gasteiger partial charge in [-0.1, -0.05) is 99.6 Å². The van der Waals surface area contributed by atoms with Crippen LogP contribution in [0.5, 0.6) is 0 Å². The van der Waals surface area contributed by atoms with E-state index in [1.54, 1.807) is 99.6 Å². The highest BCUT2D eigenvalue weighted by molar-refractivity contribution is 6.02. The van der Waals surface area contributed by atoms with Gasteiger partial charge in [-0.05, 0) is 56.5 Å². The lowest BCUT2D eigenvalue weighted by molar-refractivity contribution is -0.357. The van der Waals surface area contributed by atoms with Crippen molar-refractivity contribution >= 4 is 35.9 Å². The number of benzene rings is 3. The molecule has 2 bridgehead atoms. The molecule has 1 aliphatic heterocycles. The molecule has 2 unspecified atom stereocenters. The van der Waals surface area contributed by atoms with Crippen molar-refractivity contribution in [1.82, 2.24) is 5.32 Å². The van der Waals surface area contributed by atoms with Crippen LogP contribution in [0.4, 0.5) is 9.59 Å². The third kappa shape index (κ3) is 9.11. The van der Waals surface area contributed by atoms with Gasteiger partial charge < -0.3 is 53.8 Å². The summed E-state index contributed by atoms with van der Waals surface area (Å²) < 4.78 is 41.3. The third-order valence-corrected chi connectivity index (χ3v) is 14.0. The number of carbonyl (C=O) groups is 6. The number of Topliss-reactive ketones (excluding diaryl/α,β-unsaturated/α-hetero) is 1. The van der Waals surface area contributed by atoms with Gasteiger partial charge in [0, 0.05) is 36.2 Å². The SMILES string of the molecule is CC(=O)O[C@@]12CO[C@@H]1C[C@H](O)[C@@]1(C)C(O)C(=O)C3=C(C)[C@@H](OC(=O)[C@H](OC(=O)OCc4ccccc4)[C@@H](NC(=O)OC(C)(C)C)c4ccccc4)C[C@@](O)([C@@H](OC(=O)c4ccccc4)C12)C3(C)C. The number of fused-ring (bicyclic) bond motifs is 5. The van der Waals surface area contributed by atoms with Crippen LogP contribution < -0.4 is 5.32 Å². The Morgan fingerprint density at radius 2 is 1.49 bits per heavy atom. The van der Waals surface area contributed by atoms with Crippen LogP contribution in [0.3, 0.4) is 0 Å². The Kier molecular flexibility index (Phi) is 13.7. The molecule has 11 atom stereocenters. The van der Waals surface area contributed by atoms with Crippen molar-refractivity contribution in [3.63, 3.8) is 0 Å². The highest BCUT2D eigenvalue weighted by Gasteiger charge is 2.78. The minimum atomic E-state index is -2.46. The molecular weight excluding hydrogens is 883 g/mol. The van der Waals surface area contributed by atoms with Crippen molar-refractivity contribution in [3.05, 3.63) is 119 Å². The lowest BCUT2D eigenvalue weighted by atomic mass is 9.44. The Hall–Kier alpha value is -6.14. The van der Waals surface area contributed by atoms with E-state index in [2.05, 4.69) is 5.32 Å². The quantitative estimate of drug-likeness (QED) is 0.135. The average molecular weight is 942 g/mol. The summed E-state index contributed by atoms with van der Waals surface area (Å²) >= 11 is 0. The van der Waals surface area contributed by atoms with Gasteiger partial charge >= 0.3 is 30.2 Å². The Balaban J connectivity index is 1.36. The normalized spacial score (nSPS) is 30.2. The van der Waals surface area contributed by atoms with Gasteiger partial charge in [-0.3, -0.25) is 9.59 Å². The van der Waals surface area contributed by atoms with E-state index < -0.39 is 119 Å². The van der Waals surface area contributed by atoms with Crippen molar-refractivity contribution in [2.45, 2.75) is 134 Å². The van der Waals surface area contributed by atoms with E-state index in [0.717, 1.165) is 6.92 Å². The van der Waals surface area contributed by atoms with E-state index in [1.165, 1.54) is 39.8 Å². The fraction of sp³-hybridized carbons (Fsp3) is 0.490. The molecular formula is C51H59NO16. The second kappa shape index (κ2) is 18.7. The largest absolute Gasteiger partial charge is 0.509 e. The fourth-order valence-corrected chi connectivity index (χ4v) is 10.5. The lowest BCUT2D eigenvalue weighted by Gasteiger charge is -2.68. The molecule has 0 spiro atoms. The van der Waals surface area contributed by atoms with Crippen molar-refractivity contribution in [2.75, 3.05) is 6.61 Å². The van der Waals surface area contributed by atoms with Crippen LogP contribution in [0.25, 0.3) is 0 Å². The van der Waals surface area contributed by atoms with E-state index in [-0.39, 0.29) is 41.9 Å². The molecule has 3 fully saturated rings. The Morgan fingerprint density at radius 1 is 0.882 bits per heavy atom. The zero-order valence-electron chi connectivity index (χ0n) is 39.3. The van der Waals surface area contributed by atoms with Crippen LogP contribution in [-0.2, 0) is 54.1 Å². The van der Waals surface area contributed by atoms with E-state index in [4.69, 9.17) is 33.2 Å². The minimum absolute atomic E-state index is 0.0583. The summed E-state index contributed by atoms with van der Waals surface area (Å²) in [6, 6.07) is 23.0. The Labute approximate surface area is 394 Å². The van der Waals surface area contributed by atoms with Crippen LogP contribution in [-0.4, -0.2) is 111 Å². The van der Waals surface area contributed by atoms with E-state index >= 15 is 4.79 Å². The van der Waals surface area contributed by atoms with Crippen LogP contribution in [0.1, 0.15) is 95.8 Å². The molecule has 3 aliphatic carbocycles. The molecule has 1 heterocycles. The van der Waals surface area contributed by atoms with Crippen LogP contribution >= 0.6 is 0 Å². The summed E-state index contributed by atoms with van der Waals surface area (Å²) in [7, 11) is 0. The summed E-state index contributed by atoms with van der Waals surface area (Å²) in [4.78, 5) is 84.5. The van der Waals surface area contributed by atoms with Crippen molar-refractivity contribution in [2.24, 2.45) is 16.7 Å². The molecule has 1 saturated heterocycles. The van der Waals surface area contributed by atoms with Gasteiger partial charge in [-0.2, -0.15) is 0 Å². The summed E-state index contributed by atoms with van der Waals surface area (Å²) in [5.74, 6) is -5.49. The van der Waals surface area contributed by atoms with E-state index in [9.17, 15) is 39.3 Å². The number of ketones is 1. The number of ether oxygens (including phenoxy) is 7. The first-order valence-corrected chi connectivity index (χ1v) is 22.5. The van der Waals surface area contributed by atoms with Gasteiger partial charge in [0.15, 0.2) is 11.4 Å². The molecule has 4 N–H and O–H groups in total. The van der Waals surface area contributed by atoms with E-state index in [1.807, 2.05) is 0 Å². The molecule has 68 heavy (non-hydrogen) atoms. The lowest BCUT2D eigenvalue weighted by Crippen LogP contribution is -2.82. The molecule has 2 saturated carbocycles. The summed E-state index contributed by atoms with van der Waals surface area (Å²) in [5.41, 5.74) is -8.14. The monoisotopic (exact) mass is 941 g/mol. The molecule has 0 aromatic heterocycles. The summed E-state index contributed by atoms with van der Waals surface area (Å²) in [5, 5.41) is 40.8. The van der Waals surface area contributed by atoms with Crippen LogP contribution in [0.15, 0.2) is 102 Å². The number of hydrogen-bond acceptors (Lipinski definition) is 16. The highest BCUT2D eigenvalue weighted by atomic mass is 16.7. The van der Waals surface area contributed by atoms with Gasteiger partial charge in [-0.15, -0.1) is 0 Å². The maximum Gasteiger partial charge on any atom is 0.509 e. The second-order valence-corrected chi connectivity index (χ2v) is 19.7. The number of aliphatic hydroxyl groups excluding tert-OH is 2. The van der Waals surface area contributed by atoms with Crippen molar-refractivity contribution in [3.8, 4) is 0 Å². The molecule has 1 amide bonds. The Morgan fingerprint density at radius 3 is 2.06 bits per heavy atom. The highest BCUT2D eigenvalue weighted by Crippen LogP contribution is 2.64. The van der Waals surface area contributed by atoms with Crippen molar-refractivity contribution in [1.29, 1.82) is 0 Å². The van der Waals surface area contributed by atoms with Gasteiger partial charge in [-0.25, -0.2) is 19.2 Å². The van der Waals surface area contributed by atoms with E-state index in [0.29, 0.717) is 5.56 Å². The maximum atomic E-state index is 15.1. The number of nitrogens with one attached hydrogen (secondary N) is 1. The predicted molar refractivity (Wildman–Crippen MR) is 239 cm³/mol. The van der Waals surface area contributed by atoms with Gasteiger partial charge in [0.2, 0.25) is 6.10 Å². The minimum Gasteiger partial charge on any atom is -0.455 e. The zero-order valence-corrected chi connectivity index (χ0v) is 39.3. The predicted octanol–water partition coefficient (Wildman–Crippen LogP) is 5.62. The van der Waals surface area contributed by atoms with Gasteiger partial charge in [0.25, 0.3) is 0 Å². The first kappa shape index (κ1) is 49.8. The standard InChI is InChI=1S/C51H59NO16/c1-28-33(64-44(58)39(65-46(60)62-26-30-18-12-9-13-19-30)37(31-20-14-10-15-21-31)52-45(59)68-47(3,4)5)25-51(61)42(66-43(57)32-22-16-11-17-23-32)40-49(8,41(56)38(55)36(28)48(51,6)7)34(54)24-35-50(40,27-63-35)67-29(2)53/h9-23,33-35,37,39-42,54,56,61H,24-27H2,1-8H3,(H,52,59)/t33-,34-,35+,37-,39+,40?,41?,42-,49+,50-,51+/m0/s1. The van der Waals surface area contributed by atoms with Crippen molar-refractivity contribution < 1.29 is 77.2 Å². The maximum absolute atomic E-state index is 15.1. The first-order valence-electron chi connectivity index (χ1n) is 22.5. The third-order valence-electron chi connectivity index (χ3n) is 14.0. The van der Waals surface area contributed by atoms with Crippen LogP contribution in [0.2, 0.25) is 0 Å². The molecule has 7 rings (SSSR count). The number of aliphatic hydroxyl groups is 3. The number of amides is 1. The van der Waals surface area contributed by atoms with Crippen LogP contribution in [0, 0.1) is 16.7 Å². The molecule has 3 aromatic rings.